The molecule has 0 fully saturated rings. The second-order valence-corrected chi connectivity index (χ2v) is 8.77. The van der Waals surface area contributed by atoms with E-state index in [9.17, 15) is 18.0 Å². The van der Waals surface area contributed by atoms with Crippen LogP contribution in [0.3, 0.4) is 0 Å². The minimum atomic E-state index is -3.84. The van der Waals surface area contributed by atoms with Crippen molar-refractivity contribution in [2.75, 3.05) is 11.9 Å². The Kier molecular flexibility index (Phi) is 6.66. The first-order valence-electron chi connectivity index (χ1n) is 9.02. The van der Waals surface area contributed by atoms with Crippen molar-refractivity contribution in [1.29, 1.82) is 0 Å². The molecule has 2 N–H and O–H groups in total. The maximum absolute atomic E-state index is 12.8. The summed E-state index contributed by atoms with van der Waals surface area (Å²) in [5.41, 5.74) is 1.82. The number of halogens is 1. The van der Waals surface area contributed by atoms with Gasteiger partial charge >= 0.3 is 0 Å². The fraction of sp³-hybridized carbons (Fsp3) is 0.0909. The maximum atomic E-state index is 12.8. The molecule has 0 heterocycles. The molecular weight excluding hydrogens is 424 g/mol. The molecule has 0 saturated heterocycles. The van der Waals surface area contributed by atoms with Gasteiger partial charge in [-0.2, -0.15) is 0 Å². The molecule has 6 nitrogen and oxygen atoms in total. The maximum Gasteiger partial charge on any atom is 0.241 e. The number of carbonyl (C=O) groups excluding carboxylic acids is 2. The molecule has 30 heavy (non-hydrogen) atoms. The summed E-state index contributed by atoms with van der Waals surface area (Å²) in [6, 6.07) is 19.3. The van der Waals surface area contributed by atoms with E-state index in [-0.39, 0.29) is 21.9 Å². The summed E-state index contributed by atoms with van der Waals surface area (Å²) in [6.07, 6.45) is 0. The summed E-state index contributed by atoms with van der Waals surface area (Å²) in [6.45, 7) is 1.36. The highest BCUT2D eigenvalue weighted by Gasteiger charge is 2.18. The minimum Gasteiger partial charge on any atom is -0.324 e. The van der Waals surface area contributed by atoms with Crippen molar-refractivity contribution >= 4 is 39.0 Å². The smallest absolute Gasteiger partial charge is 0.241 e. The van der Waals surface area contributed by atoms with Gasteiger partial charge in [-0.25, -0.2) is 13.1 Å². The number of nitrogens with one attached hydrogen (secondary N) is 2. The van der Waals surface area contributed by atoms with Crippen LogP contribution in [0.5, 0.6) is 0 Å². The predicted molar refractivity (Wildman–Crippen MR) is 116 cm³/mol. The Labute approximate surface area is 179 Å². The minimum absolute atomic E-state index is 0.0623. The van der Waals surface area contributed by atoms with Crippen LogP contribution in [0.25, 0.3) is 0 Å². The second-order valence-electron chi connectivity index (χ2n) is 6.57. The molecule has 0 spiro atoms. The predicted octanol–water partition coefficient (Wildman–Crippen LogP) is 3.80. The molecule has 0 saturated carbocycles. The molecule has 0 atom stereocenters. The van der Waals surface area contributed by atoms with E-state index in [0.717, 1.165) is 5.56 Å². The normalized spacial score (nSPS) is 11.1. The monoisotopic (exact) mass is 442 g/mol. The van der Waals surface area contributed by atoms with Gasteiger partial charge in [0.2, 0.25) is 15.9 Å². The first-order chi connectivity index (χ1) is 14.3. The number of ketones is 1. The molecule has 0 aliphatic rings. The molecule has 8 heteroatoms. The Bertz CT molecular complexity index is 1180. The molecule has 3 aromatic rings. The summed E-state index contributed by atoms with van der Waals surface area (Å²) in [7, 11) is -3.84. The molecular formula is C22H19ClN2O4S. The summed E-state index contributed by atoms with van der Waals surface area (Å²) in [5.74, 6) is -0.927. The van der Waals surface area contributed by atoms with E-state index in [0.29, 0.717) is 10.6 Å². The van der Waals surface area contributed by atoms with Crippen molar-refractivity contribution in [3.63, 3.8) is 0 Å². The number of hydrogen-bond donors (Lipinski definition) is 2. The SMILES string of the molecule is Cc1ccc(S(=O)(=O)NCC(=O)Nc2ccc(Cl)cc2C(=O)c2ccccc2)cc1. The highest BCUT2D eigenvalue weighted by atomic mass is 35.5. The number of hydrogen-bond acceptors (Lipinski definition) is 4. The first kappa shape index (κ1) is 21.7. The second kappa shape index (κ2) is 9.21. The zero-order valence-corrected chi connectivity index (χ0v) is 17.6. The molecule has 0 unspecified atom stereocenters. The summed E-state index contributed by atoms with van der Waals surface area (Å²) >= 11 is 6.03. The Balaban J connectivity index is 1.74. The van der Waals surface area contributed by atoms with E-state index in [4.69, 9.17) is 11.6 Å². The van der Waals surface area contributed by atoms with E-state index in [1.54, 1.807) is 42.5 Å². The van der Waals surface area contributed by atoms with Crippen LogP contribution in [-0.2, 0) is 14.8 Å². The molecule has 3 aromatic carbocycles. The molecule has 154 valence electrons. The van der Waals surface area contributed by atoms with Crippen LogP contribution in [0.1, 0.15) is 21.5 Å². The lowest BCUT2D eigenvalue weighted by atomic mass is 10.0. The van der Waals surface area contributed by atoms with Gasteiger partial charge in [-0.3, -0.25) is 9.59 Å². The highest BCUT2D eigenvalue weighted by Crippen LogP contribution is 2.23. The zero-order valence-electron chi connectivity index (χ0n) is 16.1. The molecule has 1 amide bonds. The van der Waals surface area contributed by atoms with Crippen molar-refractivity contribution in [2.24, 2.45) is 0 Å². The fourth-order valence-corrected chi connectivity index (χ4v) is 3.87. The van der Waals surface area contributed by atoms with Gasteiger partial charge in [0, 0.05) is 16.1 Å². The molecule has 0 aliphatic heterocycles. The topological polar surface area (TPSA) is 92.3 Å². The van der Waals surface area contributed by atoms with Gasteiger partial charge in [-0.15, -0.1) is 0 Å². The van der Waals surface area contributed by atoms with Crippen LogP contribution in [-0.4, -0.2) is 26.7 Å². The van der Waals surface area contributed by atoms with Crippen molar-refractivity contribution < 1.29 is 18.0 Å². The lowest BCUT2D eigenvalue weighted by Gasteiger charge is -2.12. The Morgan fingerprint density at radius 3 is 2.27 bits per heavy atom. The molecule has 0 aromatic heterocycles. The Morgan fingerprint density at radius 2 is 1.60 bits per heavy atom. The van der Waals surface area contributed by atoms with Crippen LogP contribution in [0.2, 0.25) is 5.02 Å². The quantitative estimate of drug-likeness (QED) is 0.544. The number of carbonyl (C=O) groups is 2. The number of anilines is 1. The third-order valence-electron chi connectivity index (χ3n) is 4.29. The van der Waals surface area contributed by atoms with E-state index < -0.39 is 22.5 Å². The lowest BCUT2D eigenvalue weighted by molar-refractivity contribution is -0.115. The van der Waals surface area contributed by atoms with Gasteiger partial charge in [0.15, 0.2) is 5.78 Å². The lowest BCUT2D eigenvalue weighted by Crippen LogP contribution is -2.33. The fourth-order valence-electron chi connectivity index (χ4n) is 2.71. The standard InChI is InChI=1S/C22H19ClN2O4S/c1-15-7-10-18(11-8-15)30(28,29)24-14-21(26)25-20-12-9-17(23)13-19(20)22(27)16-5-3-2-4-6-16/h2-13,24H,14H2,1H3,(H,25,26). The van der Waals surface area contributed by atoms with E-state index in [1.807, 2.05) is 6.92 Å². The third-order valence-corrected chi connectivity index (χ3v) is 5.94. The number of aryl methyl sites for hydroxylation is 1. The van der Waals surface area contributed by atoms with Gasteiger partial charge in [-0.05, 0) is 37.3 Å². The molecule has 0 bridgehead atoms. The van der Waals surface area contributed by atoms with Crippen LogP contribution in [0, 0.1) is 6.92 Å². The van der Waals surface area contributed by atoms with Crippen molar-refractivity contribution in [1.82, 2.24) is 4.72 Å². The summed E-state index contributed by atoms with van der Waals surface area (Å²) in [5, 5.41) is 2.92. The zero-order chi connectivity index (χ0) is 21.7. The van der Waals surface area contributed by atoms with Crippen LogP contribution in [0.4, 0.5) is 5.69 Å². The average molecular weight is 443 g/mol. The van der Waals surface area contributed by atoms with Gasteiger partial charge < -0.3 is 5.32 Å². The molecule has 3 rings (SSSR count). The Morgan fingerprint density at radius 1 is 0.933 bits per heavy atom. The van der Waals surface area contributed by atoms with E-state index >= 15 is 0 Å². The molecule has 0 radical (unpaired) electrons. The summed E-state index contributed by atoms with van der Waals surface area (Å²) < 4.78 is 26.9. The number of rotatable bonds is 7. The average Bonchev–Trinajstić information content (AvgIpc) is 2.74. The van der Waals surface area contributed by atoms with Crippen molar-refractivity contribution in [3.8, 4) is 0 Å². The van der Waals surface area contributed by atoms with Gasteiger partial charge in [-0.1, -0.05) is 59.6 Å². The van der Waals surface area contributed by atoms with Crippen molar-refractivity contribution in [2.45, 2.75) is 11.8 Å². The van der Waals surface area contributed by atoms with Gasteiger partial charge in [0.1, 0.15) is 0 Å². The largest absolute Gasteiger partial charge is 0.324 e. The number of benzene rings is 3. The third kappa shape index (κ3) is 5.33. The first-order valence-corrected chi connectivity index (χ1v) is 10.9. The van der Waals surface area contributed by atoms with Crippen LogP contribution >= 0.6 is 11.6 Å². The van der Waals surface area contributed by atoms with Crippen molar-refractivity contribution in [3.05, 3.63) is 94.5 Å². The summed E-state index contributed by atoms with van der Waals surface area (Å²) in [4.78, 5) is 25.2. The van der Waals surface area contributed by atoms with Gasteiger partial charge in [0.25, 0.3) is 0 Å². The van der Waals surface area contributed by atoms with Crippen LogP contribution in [0.15, 0.2) is 77.7 Å². The van der Waals surface area contributed by atoms with E-state index in [1.165, 1.54) is 30.3 Å². The van der Waals surface area contributed by atoms with Gasteiger partial charge in [0.05, 0.1) is 17.1 Å². The van der Waals surface area contributed by atoms with Crippen LogP contribution < -0.4 is 10.0 Å². The number of sulfonamides is 1. The Hall–Kier alpha value is -3.00. The van der Waals surface area contributed by atoms with E-state index in [2.05, 4.69) is 10.0 Å². The number of amides is 1. The highest BCUT2D eigenvalue weighted by molar-refractivity contribution is 7.89. The molecule has 0 aliphatic carbocycles.